The van der Waals surface area contributed by atoms with Crippen molar-refractivity contribution in [2.75, 3.05) is 32.8 Å². The summed E-state index contributed by atoms with van der Waals surface area (Å²) >= 11 is 0. The molecule has 1 aromatic heterocycles. The third-order valence-corrected chi connectivity index (χ3v) is 3.76. The van der Waals surface area contributed by atoms with Crippen molar-refractivity contribution in [3.8, 4) is 0 Å². The second-order valence-corrected chi connectivity index (χ2v) is 5.52. The molecule has 0 saturated carbocycles. The summed E-state index contributed by atoms with van der Waals surface area (Å²) in [7, 11) is 0. The minimum atomic E-state index is -0.170. The van der Waals surface area contributed by atoms with Crippen LogP contribution in [0.15, 0.2) is 16.5 Å². The van der Waals surface area contributed by atoms with Crippen molar-refractivity contribution in [3.05, 3.63) is 23.7 Å². The number of ether oxygens (including phenoxy) is 1. The fourth-order valence-electron chi connectivity index (χ4n) is 2.39. The summed E-state index contributed by atoms with van der Waals surface area (Å²) in [5.41, 5.74) is 0. The molecule has 1 aliphatic heterocycles. The number of amides is 2. The topological polar surface area (TPSA) is 66.7 Å². The average molecular weight is 295 g/mol. The molecule has 6 nitrogen and oxygen atoms in total. The molecular formula is C15H25N3O3. The number of nitrogens with one attached hydrogen (secondary N) is 2. The normalized spacial score (nSPS) is 19.0. The Morgan fingerprint density at radius 1 is 1.33 bits per heavy atom. The van der Waals surface area contributed by atoms with Gasteiger partial charge in [0.2, 0.25) is 0 Å². The van der Waals surface area contributed by atoms with Crippen LogP contribution in [0.5, 0.6) is 0 Å². The van der Waals surface area contributed by atoms with Crippen LogP contribution in [-0.4, -0.2) is 49.8 Å². The lowest BCUT2D eigenvalue weighted by Crippen LogP contribution is -2.49. The van der Waals surface area contributed by atoms with E-state index in [2.05, 4.69) is 22.5 Å². The molecule has 2 rings (SSSR count). The molecule has 2 amide bonds. The first-order valence-electron chi connectivity index (χ1n) is 7.48. The first kappa shape index (κ1) is 15.9. The standard InChI is InChI=1S/C15H25N3O3/c1-11(18-6-8-20-9-7-18)10-16-15(19)17-13(3)14-5-4-12(2)21-14/h4-5,11,13H,6-10H2,1-3H3,(H2,16,17,19)/t11-,13-/m1/s1. The Morgan fingerprint density at radius 3 is 2.67 bits per heavy atom. The molecule has 0 bridgehead atoms. The van der Waals surface area contributed by atoms with Crippen molar-refractivity contribution >= 4 is 6.03 Å². The van der Waals surface area contributed by atoms with Crippen LogP contribution in [0.4, 0.5) is 4.79 Å². The van der Waals surface area contributed by atoms with E-state index >= 15 is 0 Å². The Hall–Kier alpha value is -1.53. The van der Waals surface area contributed by atoms with Crippen LogP contribution in [0.2, 0.25) is 0 Å². The van der Waals surface area contributed by atoms with E-state index in [4.69, 9.17) is 9.15 Å². The van der Waals surface area contributed by atoms with Gasteiger partial charge >= 0.3 is 6.03 Å². The number of hydrogen-bond acceptors (Lipinski definition) is 4. The molecule has 21 heavy (non-hydrogen) atoms. The zero-order valence-corrected chi connectivity index (χ0v) is 13.0. The molecule has 2 heterocycles. The van der Waals surface area contributed by atoms with Crippen LogP contribution < -0.4 is 10.6 Å². The summed E-state index contributed by atoms with van der Waals surface area (Å²) in [4.78, 5) is 14.2. The second-order valence-electron chi connectivity index (χ2n) is 5.52. The molecule has 6 heteroatoms. The first-order valence-corrected chi connectivity index (χ1v) is 7.48. The Morgan fingerprint density at radius 2 is 2.05 bits per heavy atom. The molecule has 118 valence electrons. The number of aryl methyl sites for hydroxylation is 1. The lowest BCUT2D eigenvalue weighted by atomic mass is 10.2. The van der Waals surface area contributed by atoms with Crippen LogP contribution in [0, 0.1) is 6.92 Å². The number of rotatable bonds is 5. The molecule has 2 N–H and O–H groups in total. The number of nitrogens with zero attached hydrogens (tertiary/aromatic N) is 1. The highest BCUT2D eigenvalue weighted by Gasteiger charge is 2.18. The van der Waals surface area contributed by atoms with E-state index in [1.807, 2.05) is 26.0 Å². The lowest BCUT2D eigenvalue weighted by molar-refractivity contribution is 0.0209. The summed E-state index contributed by atoms with van der Waals surface area (Å²) in [6.45, 7) is 9.92. The Bertz CT molecular complexity index is 455. The maximum Gasteiger partial charge on any atom is 0.315 e. The van der Waals surface area contributed by atoms with Crippen molar-refractivity contribution in [3.63, 3.8) is 0 Å². The van der Waals surface area contributed by atoms with Gasteiger partial charge in [-0.3, -0.25) is 4.90 Å². The molecule has 0 unspecified atom stereocenters. The Labute approximate surface area is 125 Å². The highest BCUT2D eigenvalue weighted by molar-refractivity contribution is 5.74. The average Bonchev–Trinajstić information content (AvgIpc) is 2.92. The van der Waals surface area contributed by atoms with Crippen LogP contribution in [0.3, 0.4) is 0 Å². The number of carbonyl (C=O) groups excluding carboxylic acids is 1. The zero-order chi connectivity index (χ0) is 15.2. The minimum Gasteiger partial charge on any atom is -0.464 e. The molecule has 1 saturated heterocycles. The Kier molecular flexibility index (Phi) is 5.64. The van der Waals surface area contributed by atoms with Crippen molar-refractivity contribution < 1.29 is 13.9 Å². The predicted molar refractivity (Wildman–Crippen MR) is 80.2 cm³/mol. The van der Waals surface area contributed by atoms with Gasteiger partial charge in [0.15, 0.2) is 0 Å². The van der Waals surface area contributed by atoms with Gasteiger partial charge < -0.3 is 19.8 Å². The van der Waals surface area contributed by atoms with Crippen LogP contribution >= 0.6 is 0 Å². The van der Waals surface area contributed by atoms with Gasteiger partial charge in [-0.1, -0.05) is 0 Å². The fraction of sp³-hybridized carbons (Fsp3) is 0.667. The SMILES string of the molecule is Cc1ccc([C@@H](C)NC(=O)NC[C@@H](C)N2CCOCC2)o1. The quantitative estimate of drug-likeness (QED) is 0.867. The molecule has 1 fully saturated rings. The minimum absolute atomic E-state index is 0.141. The van der Waals surface area contributed by atoms with Gasteiger partial charge in [-0.15, -0.1) is 0 Å². The molecule has 2 atom stereocenters. The van der Waals surface area contributed by atoms with Crippen molar-refractivity contribution in [2.45, 2.75) is 32.9 Å². The second kappa shape index (κ2) is 7.47. The number of carbonyl (C=O) groups is 1. The summed E-state index contributed by atoms with van der Waals surface area (Å²) in [5.74, 6) is 1.61. The molecule has 1 aliphatic rings. The maximum atomic E-state index is 11.9. The van der Waals surface area contributed by atoms with Gasteiger partial charge in [0.05, 0.1) is 19.3 Å². The smallest absolute Gasteiger partial charge is 0.315 e. The zero-order valence-electron chi connectivity index (χ0n) is 13.0. The van der Waals surface area contributed by atoms with Gasteiger partial charge in [-0.2, -0.15) is 0 Å². The third kappa shape index (κ3) is 4.75. The molecule has 0 spiro atoms. The lowest BCUT2D eigenvalue weighted by Gasteiger charge is -2.32. The molecule has 0 radical (unpaired) electrons. The highest BCUT2D eigenvalue weighted by atomic mass is 16.5. The van der Waals surface area contributed by atoms with E-state index in [0.717, 1.165) is 37.8 Å². The third-order valence-electron chi connectivity index (χ3n) is 3.76. The summed E-state index contributed by atoms with van der Waals surface area (Å²) in [6.07, 6.45) is 0. The van der Waals surface area contributed by atoms with Gasteiger partial charge in [0.25, 0.3) is 0 Å². The summed E-state index contributed by atoms with van der Waals surface area (Å²) < 4.78 is 10.8. The predicted octanol–water partition coefficient (Wildman–Crippen LogP) is 1.67. The monoisotopic (exact) mass is 295 g/mol. The van der Waals surface area contributed by atoms with E-state index in [0.29, 0.717) is 12.6 Å². The van der Waals surface area contributed by atoms with Gasteiger partial charge in [-0.25, -0.2) is 4.79 Å². The summed E-state index contributed by atoms with van der Waals surface area (Å²) in [6, 6.07) is 3.78. The first-order chi connectivity index (χ1) is 10.1. The van der Waals surface area contributed by atoms with E-state index in [-0.39, 0.29) is 12.1 Å². The molecule has 0 aromatic carbocycles. The number of morpholine rings is 1. The largest absolute Gasteiger partial charge is 0.464 e. The highest BCUT2D eigenvalue weighted by Crippen LogP contribution is 2.15. The van der Waals surface area contributed by atoms with E-state index < -0.39 is 0 Å². The van der Waals surface area contributed by atoms with Gasteiger partial charge in [-0.05, 0) is 32.9 Å². The van der Waals surface area contributed by atoms with Crippen molar-refractivity contribution in [2.24, 2.45) is 0 Å². The van der Waals surface area contributed by atoms with Crippen LogP contribution in [0.1, 0.15) is 31.4 Å². The van der Waals surface area contributed by atoms with Gasteiger partial charge in [0.1, 0.15) is 11.5 Å². The fourth-order valence-corrected chi connectivity index (χ4v) is 2.39. The number of furan rings is 1. The number of hydrogen-bond donors (Lipinski definition) is 2. The molecular weight excluding hydrogens is 270 g/mol. The van der Waals surface area contributed by atoms with Crippen LogP contribution in [-0.2, 0) is 4.74 Å². The Balaban J connectivity index is 1.71. The van der Waals surface area contributed by atoms with Crippen LogP contribution in [0.25, 0.3) is 0 Å². The summed E-state index contributed by atoms with van der Waals surface area (Å²) in [5, 5.41) is 5.79. The molecule has 1 aromatic rings. The van der Waals surface area contributed by atoms with E-state index in [9.17, 15) is 4.79 Å². The number of urea groups is 1. The molecule has 0 aliphatic carbocycles. The van der Waals surface area contributed by atoms with Crippen molar-refractivity contribution in [1.29, 1.82) is 0 Å². The maximum absolute atomic E-state index is 11.9. The van der Waals surface area contributed by atoms with E-state index in [1.54, 1.807) is 0 Å². The van der Waals surface area contributed by atoms with Crippen molar-refractivity contribution in [1.82, 2.24) is 15.5 Å². The van der Waals surface area contributed by atoms with Gasteiger partial charge in [0, 0.05) is 25.7 Å². The van der Waals surface area contributed by atoms with E-state index in [1.165, 1.54) is 0 Å².